The molecule has 1 aliphatic rings. The molecule has 30 heavy (non-hydrogen) atoms. The average Bonchev–Trinajstić information content (AvgIpc) is 3.34. The molecule has 1 saturated heterocycles. The van der Waals surface area contributed by atoms with E-state index in [-0.39, 0.29) is 16.9 Å². The number of ether oxygens (including phenoxy) is 2. The van der Waals surface area contributed by atoms with Crippen LogP contribution in [0.4, 0.5) is 10.3 Å². The molecule has 0 bridgehead atoms. The Hall–Kier alpha value is -2.71. The molecule has 0 N–H and O–H groups in total. The maximum Gasteiger partial charge on any atom is 0.232 e. The topological polar surface area (TPSA) is 65.3 Å². The van der Waals surface area contributed by atoms with Gasteiger partial charge in [-0.2, -0.15) is 0 Å². The summed E-state index contributed by atoms with van der Waals surface area (Å²) < 4.78 is 26.4. The van der Waals surface area contributed by atoms with E-state index in [1.807, 2.05) is 16.7 Å². The summed E-state index contributed by atoms with van der Waals surface area (Å²) in [5.41, 5.74) is 1.63. The summed E-state index contributed by atoms with van der Waals surface area (Å²) in [5.74, 6) is 1.83. The lowest BCUT2D eigenvalue weighted by molar-refractivity contribution is 0.176. The van der Waals surface area contributed by atoms with Crippen LogP contribution < -0.4 is 9.64 Å². The zero-order chi connectivity index (χ0) is 21.3. The first kappa shape index (κ1) is 20.6. The molecule has 9 heteroatoms. The Morgan fingerprint density at radius 3 is 2.70 bits per heavy atom. The van der Waals surface area contributed by atoms with Crippen LogP contribution in [0.25, 0.3) is 5.69 Å². The van der Waals surface area contributed by atoms with Crippen LogP contribution in [0.1, 0.15) is 24.2 Å². The molecule has 0 radical (unpaired) electrons. The molecular formula is C21H23ClFN5O2. The van der Waals surface area contributed by atoms with Crippen LogP contribution in [0, 0.1) is 11.7 Å². The summed E-state index contributed by atoms with van der Waals surface area (Å²) in [6.07, 6.45) is 1.71. The third-order valence-electron chi connectivity index (χ3n) is 5.45. The molecule has 7 nitrogen and oxygen atoms in total. The summed E-state index contributed by atoms with van der Waals surface area (Å²) in [7, 11) is 3.19. The van der Waals surface area contributed by atoms with Crippen LogP contribution in [-0.2, 0) is 11.3 Å². The van der Waals surface area contributed by atoms with Gasteiger partial charge in [-0.3, -0.25) is 4.57 Å². The molecule has 3 heterocycles. The minimum atomic E-state index is -0.394. The third-order valence-corrected chi connectivity index (χ3v) is 5.85. The number of aromatic nitrogens is 4. The van der Waals surface area contributed by atoms with Gasteiger partial charge >= 0.3 is 0 Å². The summed E-state index contributed by atoms with van der Waals surface area (Å²) in [6, 6.07) is 8.67. The normalized spacial score (nSPS) is 18.8. The lowest BCUT2D eigenvalue weighted by atomic mass is 9.90. The second kappa shape index (κ2) is 8.57. The van der Waals surface area contributed by atoms with Crippen molar-refractivity contribution >= 4 is 17.5 Å². The average molecular weight is 432 g/mol. The minimum Gasteiger partial charge on any atom is -0.481 e. The SMILES string of the molecule is COCc1nnc(N2C[C@H](c3cccc(F)c3Cl)[C@@H](C)C2)n1-c1ccc(OC)nc1. The molecule has 0 spiro atoms. The summed E-state index contributed by atoms with van der Waals surface area (Å²) in [4.78, 5) is 6.45. The van der Waals surface area contributed by atoms with E-state index in [4.69, 9.17) is 21.1 Å². The lowest BCUT2D eigenvalue weighted by Gasteiger charge is -2.20. The second-order valence-corrected chi connectivity index (χ2v) is 7.75. The van der Waals surface area contributed by atoms with Crippen molar-refractivity contribution in [3.05, 3.63) is 58.8 Å². The zero-order valence-electron chi connectivity index (χ0n) is 17.0. The number of rotatable bonds is 6. The first-order valence-electron chi connectivity index (χ1n) is 9.66. The van der Waals surface area contributed by atoms with Crippen LogP contribution in [0.3, 0.4) is 0 Å². The van der Waals surface area contributed by atoms with Crippen molar-refractivity contribution in [2.24, 2.45) is 5.92 Å². The van der Waals surface area contributed by atoms with Gasteiger partial charge in [-0.05, 0) is 23.6 Å². The van der Waals surface area contributed by atoms with Gasteiger partial charge in [0.15, 0.2) is 5.82 Å². The Balaban J connectivity index is 1.69. The smallest absolute Gasteiger partial charge is 0.232 e. The van der Waals surface area contributed by atoms with E-state index in [0.717, 1.165) is 17.8 Å². The van der Waals surface area contributed by atoms with E-state index in [9.17, 15) is 4.39 Å². The molecule has 3 aromatic rings. The largest absolute Gasteiger partial charge is 0.481 e. The Morgan fingerprint density at radius 2 is 2.00 bits per heavy atom. The van der Waals surface area contributed by atoms with Crippen LogP contribution in [-0.4, -0.2) is 47.1 Å². The van der Waals surface area contributed by atoms with Gasteiger partial charge in [0.05, 0.1) is 24.0 Å². The van der Waals surface area contributed by atoms with Gasteiger partial charge < -0.3 is 14.4 Å². The number of hydrogen-bond acceptors (Lipinski definition) is 6. The molecule has 1 aliphatic heterocycles. The number of methoxy groups -OCH3 is 2. The van der Waals surface area contributed by atoms with Gasteiger partial charge in [0, 0.05) is 32.2 Å². The quantitative estimate of drug-likeness (QED) is 0.590. The first-order chi connectivity index (χ1) is 14.5. The number of halogens is 2. The molecule has 0 saturated carbocycles. The summed E-state index contributed by atoms with van der Waals surface area (Å²) in [5, 5.41) is 8.95. The van der Waals surface area contributed by atoms with E-state index in [2.05, 4.69) is 27.0 Å². The second-order valence-electron chi connectivity index (χ2n) is 7.38. The van der Waals surface area contributed by atoms with E-state index in [0.29, 0.717) is 30.8 Å². The predicted octanol–water partition coefficient (Wildman–Crippen LogP) is 3.85. The Bertz CT molecular complexity index is 1030. The Kier molecular flexibility index (Phi) is 5.87. The van der Waals surface area contributed by atoms with Crippen molar-refractivity contribution in [2.75, 3.05) is 32.2 Å². The van der Waals surface area contributed by atoms with E-state index in [1.165, 1.54) is 6.07 Å². The highest BCUT2D eigenvalue weighted by Crippen LogP contribution is 2.39. The van der Waals surface area contributed by atoms with Crippen molar-refractivity contribution in [3.63, 3.8) is 0 Å². The molecule has 1 aromatic carbocycles. The zero-order valence-corrected chi connectivity index (χ0v) is 17.8. The Labute approximate surface area is 179 Å². The molecule has 158 valence electrons. The number of nitrogens with zero attached hydrogens (tertiary/aromatic N) is 5. The van der Waals surface area contributed by atoms with Crippen LogP contribution >= 0.6 is 11.6 Å². The van der Waals surface area contributed by atoms with Gasteiger partial charge in [-0.25, -0.2) is 9.37 Å². The van der Waals surface area contributed by atoms with Crippen molar-refractivity contribution in [3.8, 4) is 11.6 Å². The van der Waals surface area contributed by atoms with E-state index in [1.54, 1.807) is 32.5 Å². The van der Waals surface area contributed by atoms with E-state index >= 15 is 0 Å². The summed E-state index contributed by atoms with van der Waals surface area (Å²) in [6.45, 7) is 3.84. The standard InChI is InChI=1S/C21H23ClFN5O2/c1-13-10-27(11-16(13)15-5-4-6-17(23)20(15)22)21-26-25-18(12-29-2)28(21)14-7-8-19(30-3)24-9-14/h4-9,13,16H,10-12H2,1-3H3/t13-,16-/m0/s1. The molecule has 1 fully saturated rings. The van der Waals surface area contributed by atoms with Gasteiger partial charge in [0.1, 0.15) is 12.4 Å². The van der Waals surface area contributed by atoms with Crippen molar-refractivity contribution in [1.82, 2.24) is 19.7 Å². The third kappa shape index (κ3) is 3.73. The molecule has 2 aromatic heterocycles. The molecule has 4 rings (SSSR count). The highest BCUT2D eigenvalue weighted by molar-refractivity contribution is 6.31. The lowest BCUT2D eigenvalue weighted by Crippen LogP contribution is -2.24. The van der Waals surface area contributed by atoms with Crippen molar-refractivity contribution in [2.45, 2.75) is 19.4 Å². The van der Waals surface area contributed by atoms with Gasteiger partial charge in [-0.1, -0.05) is 30.7 Å². The highest BCUT2D eigenvalue weighted by atomic mass is 35.5. The minimum absolute atomic E-state index is 0.0817. The van der Waals surface area contributed by atoms with Gasteiger partial charge in [-0.15, -0.1) is 10.2 Å². The molecule has 0 aliphatic carbocycles. The number of benzene rings is 1. The van der Waals surface area contributed by atoms with E-state index < -0.39 is 5.82 Å². The van der Waals surface area contributed by atoms with Crippen molar-refractivity contribution < 1.29 is 13.9 Å². The van der Waals surface area contributed by atoms with Crippen LogP contribution in [0.2, 0.25) is 5.02 Å². The Morgan fingerprint density at radius 1 is 1.17 bits per heavy atom. The predicted molar refractivity (Wildman–Crippen MR) is 112 cm³/mol. The van der Waals surface area contributed by atoms with Crippen LogP contribution in [0.5, 0.6) is 5.88 Å². The van der Waals surface area contributed by atoms with Crippen molar-refractivity contribution in [1.29, 1.82) is 0 Å². The number of pyridine rings is 1. The molecular weight excluding hydrogens is 409 g/mol. The number of hydrogen-bond donors (Lipinski definition) is 0. The summed E-state index contributed by atoms with van der Waals surface area (Å²) >= 11 is 6.27. The molecule has 2 atom stereocenters. The molecule has 0 amide bonds. The maximum absolute atomic E-state index is 14.0. The van der Waals surface area contributed by atoms with Gasteiger partial charge in [0.2, 0.25) is 11.8 Å². The fraction of sp³-hybridized carbons (Fsp3) is 0.381. The van der Waals surface area contributed by atoms with Gasteiger partial charge in [0.25, 0.3) is 0 Å². The maximum atomic E-state index is 14.0. The fourth-order valence-electron chi connectivity index (χ4n) is 3.97. The monoisotopic (exact) mass is 431 g/mol. The fourth-order valence-corrected chi connectivity index (χ4v) is 4.23. The highest BCUT2D eigenvalue weighted by Gasteiger charge is 2.35. The molecule has 0 unspecified atom stereocenters. The first-order valence-corrected chi connectivity index (χ1v) is 10.0. The number of anilines is 1. The van der Waals surface area contributed by atoms with Crippen LogP contribution in [0.15, 0.2) is 36.5 Å².